The Kier molecular flexibility index (Phi) is 4.36. The molecule has 2 aliphatic heterocycles. The molecule has 8 heteroatoms. The number of hydrogen-bond acceptors (Lipinski definition) is 4. The number of hydrogen-bond donors (Lipinski definition) is 1. The topological polar surface area (TPSA) is 79.0 Å². The molecule has 0 spiro atoms. The highest BCUT2D eigenvalue weighted by molar-refractivity contribution is 5.89. The van der Waals surface area contributed by atoms with Gasteiger partial charge in [0, 0.05) is 25.4 Å². The Morgan fingerprint density at radius 2 is 2.20 bits per heavy atom. The summed E-state index contributed by atoms with van der Waals surface area (Å²) >= 11 is 0. The number of anilines is 1. The van der Waals surface area contributed by atoms with Crippen LogP contribution in [0.25, 0.3) is 0 Å². The van der Waals surface area contributed by atoms with E-state index in [0.717, 1.165) is 6.41 Å². The summed E-state index contributed by atoms with van der Waals surface area (Å²) in [5.74, 6) is -0.619. The zero-order chi connectivity index (χ0) is 18.2. The molecule has 0 aliphatic carbocycles. The number of rotatable bonds is 5. The minimum atomic E-state index is -0.565. The van der Waals surface area contributed by atoms with E-state index in [1.54, 1.807) is 17.0 Å². The molecule has 0 bridgehead atoms. The highest BCUT2D eigenvalue weighted by atomic mass is 19.1. The van der Waals surface area contributed by atoms with Crippen molar-refractivity contribution in [3.63, 3.8) is 0 Å². The van der Waals surface area contributed by atoms with Crippen molar-refractivity contribution in [2.45, 2.75) is 25.4 Å². The monoisotopic (exact) mass is 349 g/mol. The first-order chi connectivity index (χ1) is 11.8. The molecular formula is C17H20FN3O4. The smallest absolute Gasteiger partial charge is 0.414 e. The molecule has 0 unspecified atom stereocenters. The van der Waals surface area contributed by atoms with Crippen molar-refractivity contribution < 1.29 is 23.5 Å². The summed E-state index contributed by atoms with van der Waals surface area (Å²) in [6.07, 6.45) is -0.280. The maximum Gasteiger partial charge on any atom is 0.414 e. The van der Waals surface area contributed by atoms with Gasteiger partial charge in [0.05, 0.1) is 18.8 Å². The summed E-state index contributed by atoms with van der Waals surface area (Å²) in [7, 11) is 0. The van der Waals surface area contributed by atoms with E-state index >= 15 is 0 Å². The van der Waals surface area contributed by atoms with E-state index in [2.05, 4.69) is 5.32 Å². The van der Waals surface area contributed by atoms with Gasteiger partial charge < -0.3 is 15.0 Å². The number of carbonyl (C=O) groups excluding carboxylic acids is 3. The van der Waals surface area contributed by atoms with Crippen LogP contribution in [0.15, 0.2) is 18.2 Å². The lowest BCUT2D eigenvalue weighted by molar-refractivity contribution is -0.124. The number of cyclic esters (lactones) is 1. The number of nitrogens with one attached hydrogen (secondary N) is 1. The number of halogens is 1. The fourth-order valence-corrected chi connectivity index (χ4v) is 3.35. The molecule has 3 amide bonds. The lowest BCUT2D eigenvalue weighted by Crippen LogP contribution is -2.57. The second-order valence-corrected chi connectivity index (χ2v) is 6.79. The highest BCUT2D eigenvalue weighted by Gasteiger charge is 2.41. The van der Waals surface area contributed by atoms with Gasteiger partial charge in [-0.25, -0.2) is 9.18 Å². The average Bonchev–Trinajstić information content (AvgIpc) is 2.90. The molecule has 1 aromatic rings. The van der Waals surface area contributed by atoms with E-state index in [0.29, 0.717) is 24.3 Å². The van der Waals surface area contributed by atoms with Crippen LogP contribution in [-0.2, 0) is 19.7 Å². The van der Waals surface area contributed by atoms with Gasteiger partial charge in [-0.15, -0.1) is 0 Å². The first-order valence-electron chi connectivity index (χ1n) is 8.04. The lowest BCUT2D eigenvalue weighted by atomic mass is 9.75. The number of carbonyl (C=O) groups is 3. The zero-order valence-electron chi connectivity index (χ0n) is 14.1. The van der Waals surface area contributed by atoms with Crippen LogP contribution >= 0.6 is 0 Å². The van der Waals surface area contributed by atoms with Crippen LogP contribution in [0.3, 0.4) is 0 Å². The summed E-state index contributed by atoms with van der Waals surface area (Å²) in [4.78, 5) is 36.6. The molecule has 2 fully saturated rings. The summed E-state index contributed by atoms with van der Waals surface area (Å²) < 4.78 is 19.8. The third-order valence-electron chi connectivity index (χ3n) is 4.62. The number of amides is 3. The molecule has 0 aromatic heterocycles. The molecule has 2 heterocycles. The van der Waals surface area contributed by atoms with Gasteiger partial charge in [0.1, 0.15) is 11.9 Å². The number of ether oxygens (including phenoxy) is 1. The normalized spacial score (nSPS) is 21.6. The Labute approximate surface area is 144 Å². The molecule has 0 saturated carbocycles. The quantitative estimate of drug-likeness (QED) is 0.805. The predicted molar refractivity (Wildman–Crippen MR) is 87.7 cm³/mol. The van der Waals surface area contributed by atoms with Gasteiger partial charge in [-0.3, -0.25) is 14.5 Å². The van der Waals surface area contributed by atoms with Crippen LogP contribution in [0.1, 0.15) is 19.4 Å². The summed E-state index contributed by atoms with van der Waals surface area (Å²) in [5, 5.41) is 2.60. The molecule has 3 rings (SSSR count). The predicted octanol–water partition coefficient (Wildman–Crippen LogP) is 1.02. The molecule has 2 saturated heterocycles. The third kappa shape index (κ3) is 3.29. The van der Waals surface area contributed by atoms with Crippen LogP contribution < -0.4 is 10.2 Å². The summed E-state index contributed by atoms with van der Waals surface area (Å²) in [6, 6.07) is 4.64. The van der Waals surface area contributed by atoms with Gasteiger partial charge in [-0.05, 0) is 17.7 Å². The molecule has 1 aromatic carbocycles. The first kappa shape index (κ1) is 17.2. The van der Waals surface area contributed by atoms with E-state index in [-0.39, 0.29) is 19.0 Å². The van der Waals surface area contributed by atoms with E-state index in [9.17, 15) is 18.8 Å². The minimum Gasteiger partial charge on any atom is -0.442 e. The zero-order valence-corrected chi connectivity index (χ0v) is 14.1. The Balaban J connectivity index is 1.72. The van der Waals surface area contributed by atoms with Crippen LogP contribution in [0, 0.1) is 5.82 Å². The standard InChI is InChI=1S/C17H20FN3O4/c1-11(23)19-6-13-7-21(16(24)25-13)12-3-4-14(15(18)5-12)17(2)8-20(9-17)10-22/h3-5,10,13H,6-9H2,1-2H3,(H,19,23)/t13-/m0/s1. The van der Waals surface area contributed by atoms with E-state index in [1.807, 2.05) is 6.92 Å². The average molecular weight is 349 g/mol. The van der Waals surface area contributed by atoms with Gasteiger partial charge in [0.2, 0.25) is 12.3 Å². The summed E-state index contributed by atoms with van der Waals surface area (Å²) in [5.41, 5.74) is 0.520. The SMILES string of the molecule is CC(=O)NC[C@H]1CN(c2ccc(C3(C)CN(C=O)C3)c(F)c2)C(=O)O1. The second-order valence-electron chi connectivity index (χ2n) is 6.79. The van der Waals surface area contributed by atoms with Crippen LogP contribution in [-0.4, -0.2) is 55.6 Å². The van der Waals surface area contributed by atoms with Crippen molar-refractivity contribution in [1.29, 1.82) is 0 Å². The highest BCUT2D eigenvalue weighted by Crippen LogP contribution is 2.36. The molecule has 7 nitrogen and oxygen atoms in total. The van der Waals surface area contributed by atoms with Crippen molar-refractivity contribution in [3.05, 3.63) is 29.6 Å². The third-order valence-corrected chi connectivity index (χ3v) is 4.62. The van der Waals surface area contributed by atoms with Crippen molar-refractivity contribution in [3.8, 4) is 0 Å². The maximum atomic E-state index is 14.6. The molecule has 1 N–H and O–H groups in total. The van der Waals surface area contributed by atoms with Crippen molar-refractivity contribution in [1.82, 2.24) is 10.2 Å². The van der Waals surface area contributed by atoms with Crippen molar-refractivity contribution in [2.24, 2.45) is 0 Å². The fraction of sp³-hybridized carbons (Fsp3) is 0.471. The second kappa shape index (κ2) is 6.34. The van der Waals surface area contributed by atoms with E-state index in [1.165, 1.54) is 17.9 Å². The number of likely N-dealkylation sites (tertiary alicyclic amines) is 1. The van der Waals surface area contributed by atoms with Crippen LogP contribution in [0.4, 0.5) is 14.9 Å². The maximum absolute atomic E-state index is 14.6. The van der Waals surface area contributed by atoms with Gasteiger partial charge in [0.25, 0.3) is 0 Å². The Bertz CT molecular complexity index is 718. The molecule has 25 heavy (non-hydrogen) atoms. The van der Waals surface area contributed by atoms with E-state index in [4.69, 9.17) is 4.74 Å². The minimum absolute atomic E-state index is 0.206. The number of nitrogens with zero attached hydrogens (tertiary/aromatic N) is 2. The van der Waals surface area contributed by atoms with Gasteiger partial charge in [-0.1, -0.05) is 13.0 Å². The lowest BCUT2D eigenvalue weighted by Gasteiger charge is -2.46. The van der Waals surface area contributed by atoms with Gasteiger partial charge in [-0.2, -0.15) is 0 Å². The molecule has 1 atom stereocenters. The van der Waals surface area contributed by atoms with Crippen LogP contribution in [0.2, 0.25) is 0 Å². The van der Waals surface area contributed by atoms with Gasteiger partial charge in [0.15, 0.2) is 0 Å². The van der Waals surface area contributed by atoms with Crippen molar-refractivity contribution >= 4 is 24.1 Å². The van der Waals surface area contributed by atoms with Gasteiger partial charge >= 0.3 is 6.09 Å². The molecule has 2 aliphatic rings. The first-order valence-corrected chi connectivity index (χ1v) is 8.04. The molecule has 134 valence electrons. The van der Waals surface area contributed by atoms with Crippen molar-refractivity contribution in [2.75, 3.05) is 31.1 Å². The van der Waals surface area contributed by atoms with Crippen LogP contribution in [0.5, 0.6) is 0 Å². The largest absolute Gasteiger partial charge is 0.442 e. The molecule has 0 radical (unpaired) electrons. The molecular weight excluding hydrogens is 329 g/mol. The Morgan fingerprint density at radius 3 is 2.80 bits per heavy atom. The summed E-state index contributed by atoms with van der Waals surface area (Å²) in [6.45, 7) is 4.69. The van der Waals surface area contributed by atoms with E-state index < -0.39 is 23.4 Å². The Hall–Kier alpha value is -2.64. The number of benzene rings is 1. The Morgan fingerprint density at radius 1 is 1.48 bits per heavy atom. The fourth-order valence-electron chi connectivity index (χ4n) is 3.35.